The molecule has 0 aliphatic carbocycles. The van der Waals surface area contributed by atoms with Crippen LogP contribution in [0.4, 0.5) is 0 Å². The second-order valence-corrected chi connectivity index (χ2v) is 6.72. The lowest BCUT2D eigenvalue weighted by molar-refractivity contribution is 0.106. The monoisotopic (exact) mass is 392 g/mol. The number of ether oxygens (including phenoxy) is 2. The molecule has 2 aromatic carbocycles. The van der Waals surface area contributed by atoms with Crippen LogP contribution in [-0.4, -0.2) is 22.8 Å². The van der Waals surface area contributed by atoms with Crippen molar-refractivity contribution in [3.63, 3.8) is 0 Å². The predicted molar refractivity (Wildman–Crippen MR) is 113 cm³/mol. The van der Waals surface area contributed by atoms with Crippen LogP contribution in [0.3, 0.4) is 0 Å². The van der Waals surface area contributed by atoms with Crippen LogP contribution in [0.25, 0.3) is 6.20 Å². The third-order valence-corrected chi connectivity index (χ3v) is 4.27. The van der Waals surface area contributed by atoms with Gasteiger partial charge in [-0.05, 0) is 23.6 Å². The van der Waals surface area contributed by atoms with Crippen molar-refractivity contribution in [2.45, 2.75) is 20.1 Å². The molecule has 3 aromatic rings. The average molecular weight is 392 g/mol. The van der Waals surface area contributed by atoms with E-state index in [1.807, 2.05) is 60.7 Å². The van der Waals surface area contributed by atoms with Crippen molar-refractivity contribution in [2.75, 3.05) is 13.2 Å². The van der Waals surface area contributed by atoms with E-state index in [0.717, 1.165) is 16.7 Å². The summed E-state index contributed by atoms with van der Waals surface area (Å²) in [6.45, 7) is 3.16. The zero-order valence-electron chi connectivity index (χ0n) is 16.3. The van der Waals surface area contributed by atoms with Crippen molar-refractivity contribution in [3.8, 4) is 0 Å². The molecule has 29 heavy (non-hydrogen) atoms. The van der Waals surface area contributed by atoms with Crippen molar-refractivity contribution in [1.29, 1.82) is 0 Å². The minimum Gasteiger partial charge on any atom is -0.372 e. The minimum absolute atomic E-state index is 0.300. The molecule has 0 aliphatic rings. The molecule has 0 amide bonds. The fraction of sp³-hybridized carbons (Fsp3) is 0.217. The normalized spacial score (nSPS) is 10.7. The van der Waals surface area contributed by atoms with Crippen LogP contribution < -0.4 is 11.2 Å². The number of benzene rings is 2. The molecule has 3 rings (SSSR count). The van der Waals surface area contributed by atoms with E-state index in [9.17, 15) is 9.59 Å². The van der Waals surface area contributed by atoms with Crippen molar-refractivity contribution >= 4 is 6.20 Å². The number of nitrogens with zero attached hydrogens (tertiary/aromatic N) is 1. The molecule has 0 fully saturated rings. The zero-order valence-corrected chi connectivity index (χ0v) is 16.3. The van der Waals surface area contributed by atoms with E-state index < -0.39 is 5.69 Å². The highest BCUT2D eigenvalue weighted by atomic mass is 16.5. The summed E-state index contributed by atoms with van der Waals surface area (Å²) in [4.78, 5) is 26.0. The average Bonchev–Trinajstić information content (AvgIpc) is 2.73. The van der Waals surface area contributed by atoms with Gasteiger partial charge in [0.25, 0.3) is 5.56 Å². The summed E-state index contributed by atoms with van der Waals surface area (Å²) in [7, 11) is 0. The van der Waals surface area contributed by atoms with Gasteiger partial charge in [-0.15, -0.1) is 0 Å². The fourth-order valence-corrected chi connectivity index (χ4v) is 2.74. The first-order valence-electron chi connectivity index (χ1n) is 9.37. The fourth-order valence-electron chi connectivity index (χ4n) is 2.74. The van der Waals surface area contributed by atoms with Gasteiger partial charge < -0.3 is 9.47 Å². The zero-order chi connectivity index (χ0) is 20.5. The largest absolute Gasteiger partial charge is 0.372 e. The Balaban J connectivity index is 1.70. The maximum atomic E-state index is 12.1. The van der Waals surface area contributed by atoms with E-state index in [-0.39, 0.29) is 5.56 Å². The number of rotatable bonds is 9. The van der Waals surface area contributed by atoms with Crippen molar-refractivity contribution < 1.29 is 9.47 Å². The van der Waals surface area contributed by atoms with Gasteiger partial charge in [0.1, 0.15) is 0 Å². The summed E-state index contributed by atoms with van der Waals surface area (Å²) < 4.78 is 13.0. The lowest BCUT2D eigenvalue weighted by Crippen LogP contribution is -2.28. The third-order valence-electron chi connectivity index (χ3n) is 4.27. The molecule has 0 saturated heterocycles. The summed E-state index contributed by atoms with van der Waals surface area (Å²) in [5, 5.41) is 0. The molecule has 6 nitrogen and oxygen atoms in total. The Morgan fingerprint density at radius 1 is 0.897 bits per heavy atom. The van der Waals surface area contributed by atoms with Crippen molar-refractivity contribution in [2.24, 2.45) is 0 Å². The molecule has 0 aliphatic heterocycles. The van der Waals surface area contributed by atoms with Gasteiger partial charge in [0.15, 0.2) is 0 Å². The maximum absolute atomic E-state index is 12.1. The number of hydrogen-bond acceptors (Lipinski definition) is 4. The van der Waals surface area contributed by atoms with E-state index >= 15 is 0 Å². The Kier molecular flexibility index (Phi) is 7.33. The lowest BCUT2D eigenvalue weighted by atomic mass is 10.2. The quantitative estimate of drug-likeness (QED) is 0.607. The van der Waals surface area contributed by atoms with Gasteiger partial charge in [-0.2, -0.15) is 0 Å². The molecule has 1 heterocycles. The van der Waals surface area contributed by atoms with Crippen LogP contribution in [0.15, 0.2) is 82.0 Å². The van der Waals surface area contributed by atoms with Gasteiger partial charge in [-0.25, -0.2) is 4.79 Å². The number of H-pyrrole nitrogens is 1. The second kappa shape index (κ2) is 10.4. The molecular weight excluding hydrogens is 368 g/mol. The number of hydrogen-bond donors (Lipinski definition) is 1. The highest BCUT2D eigenvalue weighted by Crippen LogP contribution is 2.07. The molecule has 0 spiro atoms. The molecule has 0 saturated carbocycles. The van der Waals surface area contributed by atoms with Crippen LogP contribution in [0.5, 0.6) is 0 Å². The molecule has 0 unspecified atom stereocenters. The minimum atomic E-state index is -0.496. The summed E-state index contributed by atoms with van der Waals surface area (Å²) >= 11 is 0. The number of aromatic nitrogens is 2. The molecule has 150 valence electrons. The molecular formula is C23H24N2O4. The highest BCUT2D eigenvalue weighted by Gasteiger charge is 2.04. The number of aryl methyl sites for hydroxylation is 1. The molecule has 1 aromatic heterocycles. The van der Waals surface area contributed by atoms with Crippen LogP contribution >= 0.6 is 0 Å². The SMILES string of the molecule is Cc1cn(C=C(COCc2ccccc2)COCc2ccccc2)c(=O)[nH]c1=O. The number of nitrogens with one attached hydrogen (secondary N) is 1. The first-order chi connectivity index (χ1) is 14.1. The Morgan fingerprint density at radius 2 is 1.41 bits per heavy atom. The summed E-state index contributed by atoms with van der Waals surface area (Å²) in [5.74, 6) is 0. The van der Waals surface area contributed by atoms with Crippen LogP contribution in [0.2, 0.25) is 0 Å². The van der Waals surface area contributed by atoms with E-state index in [1.54, 1.807) is 13.1 Å². The Labute approximate surface area is 169 Å². The molecule has 6 heteroatoms. The van der Waals surface area contributed by atoms with Gasteiger partial charge in [-0.1, -0.05) is 60.7 Å². The first-order valence-corrected chi connectivity index (χ1v) is 9.37. The molecule has 0 bridgehead atoms. The van der Waals surface area contributed by atoms with Crippen molar-refractivity contribution in [1.82, 2.24) is 9.55 Å². The summed E-state index contributed by atoms with van der Waals surface area (Å²) in [6.07, 6.45) is 3.16. The van der Waals surface area contributed by atoms with Gasteiger partial charge in [0.05, 0.1) is 26.4 Å². The van der Waals surface area contributed by atoms with E-state index in [2.05, 4.69) is 4.98 Å². The van der Waals surface area contributed by atoms with Gasteiger partial charge in [-0.3, -0.25) is 14.3 Å². The van der Waals surface area contributed by atoms with E-state index in [1.165, 1.54) is 10.8 Å². The summed E-state index contributed by atoms with van der Waals surface area (Å²) in [6, 6.07) is 19.7. The Morgan fingerprint density at radius 3 is 1.93 bits per heavy atom. The topological polar surface area (TPSA) is 73.3 Å². The smallest absolute Gasteiger partial charge is 0.332 e. The maximum Gasteiger partial charge on any atom is 0.332 e. The van der Waals surface area contributed by atoms with E-state index in [0.29, 0.717) is 32.0 Å². The third kappa shape index (κ3) is 6.41. The van der Waals surface area contributed by atoms with Crippen LogP contribution in [0, 0.1) is 6.92 Å². The van der Waals surface area contributed by atoms with Gasteiger partial charge in [0.2, 0.25) is 0 Å². The van der Waals surface area contributed by atoms with E-state index in [4.69, 9.17) is 9.47 Å². The number of aromatic amines is 1. The van der Waals surface area contributed by atoms with Crippen LogP contribution in [0.1, 0.15) is 16.7 Å². The Bertz CT molecular complexity index is 1010. The van der Waals surface area contributed by atoms with Gasteiger partial charge in [0, 0.05) is 18.0 Å². The molecule has 1 N–H and O–H groups in total. The molecule has 0 radical (unpaired) electrons. The van der Waals surface area contributed by atoms with Crippen molar-refractivity contribution in [3.05, 3.63) is 110 Å². The molecule has 0 atom stereocenters. The van der Waals surface area contributed by atoms with Gasteiger partial charge >= 0.3 is 5.69 Å². The highest BCUT2D eigenvalue weighted by molar-refractivity contribution is 5.32. The predicted octanol–water partition coefficient (Wildman–Crippen LogP) is 3.12. The van der Waals surface area contributed by atoms with Crippen LogP contribution in [-0.2, 0) is 22.7 Å². The lowest BCUT2D eigenvalue weighted by Gasteiger charge is -2.11. The first kappa shape index (κ1) is 20.5. The summed E-state index contributed by atoms with van der Waals surface area (Å²) in [5.41, 5.74) is 2.48. The Hall–Kier alpha value is -3.22. The second-order valence-electron chi connectivity index (χ2n) is 6.72. The standard InChI is InChI=1S/C23H24N2O4/c1-18-12-25(23(27)24-22(18)26)13-21(16-28-14-19-8-4-2-5-9-19)17-29-15-20-10-6-3-7-11-20/h2-13H,14-17H2,1H3,(H,24,26,27).